The molecule has 96 valence electrons. The molecule has 3 nitrogen and oxygen atoms in total. The van der Waals surface area contributed by atoms with Crippen molar-refractivity contribution in [2.24, 2.45) is 5.84 Å². The van der Waals surface area contributed by atoms with E-state index in [1.54, 1.807) is 11.3 Å². The molecule has 18 heavy (non-hydrogen) atoms. The van der Waals surface area contributed by atoms with Crippen molar-refractivity contribution >= 4 is 11.3 Å². The maximum Gasteiger partial charge on any atom is 0.0419 e. The van der Waals surface area contributed by atoms with E-state index >= 15 is 0 Å². The Morgan fingerprint density at radius 2 is 2.17 bits per heavy atom. The minimum absolute atomic E-state index is 0.236. The fourth-order valence-electron chi connectivity index (χ4n) is 1.92. The molecule has 1 unspecified atom stereocenters. The number of nitrogens with zero attached hydrogens (tertiary/aromatic N) is 1. The van der Waals surface area contributed by atoms with Gasteiger partial charge >= 0.3 is 0 Å². The van der Waals surface area contributed by atoms with Gasteiger partial charge in [0.05, 0.1) is 0 Å². The molecule has 0 aromatic carbocycles. The number of aryl methyl sites for hydroxylation is 1. The van der Waals surface area contributed by atoms with Crippen molar-refractivity contribution in [3.63, 3.8) is 0 Å². The number of hydrogen-bond donors (Lipinski definition) is 2. The highest BCUT2D eigenvalue weighted by Gasteiger charge is 2.10. The van der Waals surface area contributed by atoms with E-state index < -0.39 is 0 Å². The molecular weight excluding hydrogens is 242 g/mol. The molecule has 2 aromatic rings. The van der Waals surface area contributed by atoms with Gasteiger partial charge in [-0.25, -0.2) is 0 Å². The SMILES string of the molecule is CCc1ccc(CC(Cc2ccsc2)NN)nc1. The predicted molar refractivity (Wildman–Crippen MR) is 76.5 cm³/mol. The zero-order valence-electron chi connectivity index (χ0n) is 10.6. The molecule has 0 fully saturated rings. The molecule has 2 aromatic heterocycles. The molecule has 0 aliphatic rings. The van der Waals surface area contributed by atoms with E-state index in [4.69, 9.17) is 5.84 Å². The molecule has 0 bridgehead atoms. The van der Waals surface area contributed by atoms with E-state index in [0.29, 0.717) is 0 Å². The van der Waals surface area contributed by atoms with Gasteiger partial charge in [0.15, 0.2) is 0 Å². The van der Waals surface area contributed by atoms with Crippen LogP contribution in [0.3, 0.4) is 0 Å². The van der Waals surface area contributed by atoms with Gasteiger partial charge in [0.2, 0.25) is 0 Å². The number of hydrogen-bond acceptors (Lipinski definition) is 4. The molecule has 0 radical (unpaired) electrons. The molecule has 3 N–H and O–H groups in total. The number of rotatable bonds is 6. The maximum absolute atomic E-state index is 5.62. The molecule has 0 amide bonds. The Morgan fingerprint density at radius 1 is 1.28 bits per heavy atom. The Morgan fingerprint density at radius 3 is 2.72 bits per heavy atom. The third-order valence-electron chi connectivity index (χ3n) is 3.05. The smallest absolute Gasteiger partial charge is 0.0419 e. The predicted octanol–water partition coefficient (Wildman–Crippen LogP) is 2.32. The number of nitrogens with two attached hydrogens (primary N) is 1. The lowest BCUT2D eigenvalue weighted by Crippen LogP contribution is -2.38. The van der Waals surface area contributed by atoms with Crippen molar-refractivity contribution in [3.8, 4) is 0 Å². The number of pyridine rings is 1. The lowest BCUT2D eigenvalue weighted by Gasteiger charge is -2.14. The fourth-order valence-corrected chi connectivity index (χ4v) is 2.60. The second kappa shape index (κ2) is 6.64. The standard InChI is InChI=1S/C14H19N3S/c1-2-11-3-4-13(16-9-11)8-14(17-15)7-12-5-6-18-10-12/h3-6,9-10,14,17H,2,7-8,15H2,1H3. The van der Waals surface area contributed by atoms with Crippen molar-refractivity contribution in [1.82, 2.24) is 10.4 Å². The summed E-state index contributed by atoms with van der Waals surface area (Å²) in [5.74, 6) is 5.62. The average Bonchev–Trinajstić information content (AvgIpc) is 2.91. The quantitative estimate of drug-likeness (QED) is 0.620. The van der Waals surface area contributed by atoms with Crippen LogP contribution < -0.4 is 11.3 Å². The highest BCUT2D eigenvalue weighted by Crippen LogP contribution is 2.11. The topological polar surface area (TPSA) is 50.9 Å². The first-order valence-electron chi connectivity index (χ1n) is 6.22. The van der Waals surface area contributed by atoms with Gasteiger partial charge in [0.25, 0.3) is 0 Å². The van der Waals surface area contributed by atoms with Crippen LogP contribution in [0.5, 0.6) is 0 Å². The van der Waals surface area contributed by atoms with Gasteiger partial charge in [-0.1, -0.05) is 13.0 Å². The lowest BCUT2D eigenvalue weighted by atomic mass is 10.0. The normalized spacial score (nSPS) is 12.6. The first-order valence-corrected chi connectivity index (χ1v) is 7.17. The summed E-state index contributed by atoms with van der Waals surface area (Å²) in [4.78, 5) is 4.47. The third-order valence-corrected chi connectivity index (χ3v) is 3.78. The first-order chi connectivity index (χ1) is 8.81. The van der Waals surface area contributed by atoms with Gasteiger partial charge in [-0.05, 0) is 46.9 Å². The van der Waals surface area contributed by atoms with Crippen molar-refractivity contribution < 1.29 is 0 Å². The zero-order valence-corrected chi connectivity index (χ0v) is 11.4. The third kappa shape index (κ3) is 3.63. The van der Waals surface area contributed by atoms with Gasteiger partial charge in [-0.2, -0.15) is 11.3 Å². The summed E-state index contributed by atoms with van der Waals surface area (Å²) in [6.45, 7) is 2.14. The Hall–Kier alpha value is -1.23. The molecule has 2 heterocycles. The highest BCUT2D eigenvalue weighted by atomic mass is 32.1. The summed E-state index contributed by atoms with van der Waals surface area (Å²) in [7, 11) is 0. The summed E-state index contributed by atoms with van der Waals surface area (Å²) in [5.41, 5.74) is 6.57. The van der Waals surface area contributed by atoms with E-state index in [9.17, 15) is 0 Å². The van der Waals surface area contributed by atoms with Crippen molar-refractivity contribution in [1.29, 1.82) is 0 Å². The maximum atomic E-state index is 5.62. The summed E-state index contributed by atoms with van der Waals surface area (Å²) >= 11 is 1.72. The van der Waals surface area contributed by atoms with Crippen LogP contribution in [-0.2, 0) is 19.3 Å². The molecule has 2 rings (SSSR count). The monoisotopic (exact) mass is 261 g/mol. The lowest BCUT2D eigenvalue weighted by molar-refractivity contribution is 0.518. The van der Waals surface area contributed by atoms with Crippen LogP contribution in [0.4, 0.5) is 0 Å². The van der Waals surface area contributed by atoms with Crippen molar-refractivity contribution in [2.45, 2.75) is 32.2 Å². The number of aromatic nitrogens is 1. The van der Waals surface area contributed by atoms with Crippen LogP contribution in [0.15, 0.2) is 35.2 Å². The van der Waals surface area contributed by atoms with Crippen LogP contribution in [0, 0.1) is 0 Å². The van der Waals surface area contributed by atoms with Gasteiger partial charge < -0.3 is 0 Å². The Balaban J connectivity index is 1.96. The molecule has 0 aliphatic heterocycles. The first kappa shape index (κ1) is 13.2. The number of thiophene rings is 1. The van der Waals surface area contributed by atoms with E-state index in [1.165, 1.54) is 11.1 Å². The van der Waals surface area contributed by atoms with Gasteiger partial charge in [0.1, 0.15) is 0 Å². The Labute approximate surface area is 112 Å². The van der Waals surface area contributed by atoms with E-state index in [-0.39, 0.29) is 6.04 Å². The van der Waals surface area contributed by atoms with Crippen molar-refractivity contribution in [3.05, 3.63) is 52.0 Å². The second-order valence-electron chi connectivity index (χ2n) is 4.41. The summed E-state index contributed by atoms with van der Waals surface area (Å²) < 4.78 is 0. The fraction of sp³-hybridized carbons (Fsp3) is 0.357. The minimum atomic E-state index is 0.236. The van der Waals surface area contributed by atoms with Crippen LogP contribution >= 0.6 is 11.3 Å². The summed E-state index contributed by atoms with van der Waals surface area (Å²) in [5, 5.41) is 4.26. The van der Waals surface area contributed by atoms with Crippen molar-refractivity contribution in [2.75, 3.05) is 0 Å². The molecule has 0 aliphatic carbocycles. The molecule has 0 saturated carbocycles. The molecule has 4 heteroatoms. The number of nitrogens with one attached hydrogen (secondary N) is 1. The van der Waals surface area contributed by atoms with Crippen LogP contribution in [-0.4, -0.2) is 11.0 Å². The molecule has 0 saturated heterocycles. The van der Waals surface area contributed by atoms with Crippen LogP contribution in [0.25, 0.3) is 0 Å². The van der Waals surface area contributed by atoms with E-state index in [0.717, 1.165) is 25.0 Å². The van der Waals surface area contributed by atoms with Crippen LogP contribution in [0.1, 0.15) is 23.7 Å². The Bertz CT molecular complexity index is 450. The second-order valence-corrected chi connectivity index (χ2v) is 5.19. The summed E-state index contributed by atoms with van der Waals surface area (Å²) in [6, 6.07) is 6.61. The molecular formula is C14H19N3S. The van der Waals surface area contributed by atoms with Crippen LogP contribution in [0.2, 0.25) is 0 Å². The zero-order chi connectivity index (χ0) is 12.8. The largest absolute Gasteiger partial charge is 0.271 e. The van der Waals surface area contributed by atoms with Gasteiger partial charge in [-0.15, -0.1) is 0 Å². The van der Waals surface area contributed by atoms with E-state index in [2.05, 4.69) is 46.3 Å². The van der Waals surface area contributed by atoms with Gasteiger partial charge in [-0.3, -0.25) is 16.3 Å². The summed E-state index contributed by atoms with van der Waals surface area (Å²) in [6.07, 6.45) is 4.78. The molecule has 1 atom stereocenters. The number of hydrazine groups is 1. The highest BCUT2D eigenvalue weighted by molar-refractivity contribution is 7.07. The minimum Gasteiger partial charge on any atom is -0.271 e. The van der Waals surface area contributed by atoms with E-state index in [1.807, 2.05) is 6.20 Å². The molecule has 0 spiro atoms. The Kier molecular flexibility index (Phi) is 4.87. The van der Waals surface area contributed by atoms with Gasteiger partial charge in [0, 0.05) is 24.4 Å². The average molecular weight is 261 g/mol.